The molecule has 0 spiro atoms. The maximum Gasteiger partial charge on any atom is 0.316 e. The molecule has 0 aliphatic heterocycles. The summed E-state index contributed by atoms with van der Waals surface area (Å²) in [7, 11) is 1.64. The smallest absolute Gasteiger partial charge is 0.316 e. The summed E-state index contributed by atoms with van der Waals surface area (Å²) in [6.45, 7) is 8.18. The van der Waals surface area contributed by atoms with Crippen molar-refractivity contribution in [2.45, 2.75) is 33.6 Å². The SMILES string of the molecule is CCCN(CCC)c1c(C)ccc2c1[nH]c(=O)c(=O)n2C. The van der Waals surface area contributed by atoms with Crippen LogP contribution in [-0.4, -0.2) is 22.6 Å². The molecule has 1 N–H and O–H groups in total. The van der Waals surface area contributed by atoms with E-state index in [2.05, 4.69) is 23.7 Å². The highest BCUT2D eigenvalue weighted by Crippen LogP contribution is 2.28. The Morgan fingerprint density at radius 1 is 1.14 bits per heavy atom. The fraction of sp³-hybridized carbons (Fsp3) is 0.500. The van der Waals surface area contributed by atoms with Gasteiger partial charge in [-0.1, -0.05) is 19.9 Å². The van der Waals surface area contributed by atoms with Crippen molar-refractivity contribution in [1.29, 1.82) is 0 Å². The first-order chi connectivity index (χ1) is 10.0. The molecule has 0 saturated carbocycles. The number of aromatic nitrogens is 2. The normalized spacial score (nSPS) is 11.0. The summed E-state index contributed by atoms with van der Waals surface area (Å²) in [5, 5.41) is 0. The molecule has 1 heterocycles. The quantitative estimate of drug-likeness (QED) is 0.858. The second kappa shape index (κ2) is 6.16. The van der Waals surface area contributed by atoms with Gasteiger partial charge in [0.05, 0.1) is 16.7 Å². The average Bonchev–Trinajstić information content (AvgIpc) is 2.45. The Labute approximate surface area is 124 Å². The van der Waals surface area contributed by atoms with Crippen molar-refractivity contribution in [3.63, 3.8) is 0 Å². The van der Waals surface area contributed by atoms with E-state index in [-0.39, 0.29) is 0 Å². The third kappa shape index (κ3) is 2.73. The molecular weight excluding hydrogens is 266 g/mol. The molecule has 1 aromatic heterocycles. The molecule has 0 bridgehead atoms. The largest absolute Gasteiger partial charge is 0.370 e. The molecule has 0 fully saturated rings. The summed E-state index contributed by atoms with van der Waals surface area (Å²) < 4.78 is 1.42. The van der Waals surface area contributed by atoms with Gasteiger partial charge in [0.1, 0.15) is 0 Å². The number of aromatic amines is 1. The maximum atomic E-state index is 11.8. The number of rotatable bonds is 5. The van der Waals surface area contributed by atoms with Gasteiger partial charge in [-0.25, -0.2) is 0 Å². The Morgan fingerprint density at radius 3 is 2.33 bits per heavy atom. The summed E-state index contributed by atoms with van der Waals surface area (Å²) in [4.78, 5) is 28.7. The van der Waals surface area contributed by atoms with E-state index >= 15 is 0 Å². The molecule has 2 rings (SSSR count). The van der Waals surface area contributed by atoms with Crippen LogP contribution in [0.3, 0.4) is 0 Å². The zero-order valence-corrected chi connectivity index (χ0v) is 13.2. The predicted octanol–water partition coefficient (Wildman–Crippen LogP) is 2.16. The summed E-state index contributed by atoms with van der Waals surface area (Å²) in [6.07, 6.45) is 2.07. The van der Waals surface area contributed by atoms with Crippen LogP contribution in [0.25, 0.3) is 11.0 Å². The molecule has 0 atom stereocenters. The van der Waals surface area contributed by atoms with Crippen molar-refractivity contribution in [2.75, 3.05) is 18.0 Å². The van der Waals surface area contributed by atoms with Gasteiger partial charge in [0.15, 0.2) is 0 Å². The third-order valence-corrected chi connectivity index (χ3v) is 3.76. The summed E-state index contributed by atoms with van der Waals surface area (Å²) >= 11 is 0. The van der Waals surface area contributed by atoms with Crippen LogP contribution >= 0.6 is 0 Å². The number of benzene rings is 1. The van der Waals surface area contributed by atoms with E-state index in [0.29, 0.717) is 0 Å². The lowest BCUT2D eigenvalue weighted by Crippen LogP contribution is -2.36. The average molecular weight is 289 g/mol. The molecule has 0 radical (unpaired) electrons. The maximum absolute atomic E-state index is 11.8. The monoisotopic (exact) mass is 289 g/mol. The fourth-order valence-electron chi connectivity index (χ4n) is 2.80. The number of anilines is 1. The van der Waals surface area contributed by atoms with Crippen LogP contribution in [0.1, 0.15) is 32.3 Å². The zero-order valence-electron chi connectivity index (χ0n) is 13.2. The van der Waals surface area contributed by atoms with Crippen molar-refractivity contribution >= 4 is 16.7 Å². The Kier molecular flexibility index (Phi) is 4.50. The van der Waals surface area contributed by atoms with Crippen molar-refractivity contribution in [3.8, 4) is 0 Å². The van der Waals surface area contributed by atoms with Crippen molar-refractivity contribution in [1.82, 2.24) is 9.55 Å². The lowest BCUT2D eigenvalue weighted by atomic mass is 10.1. The first-order valence-electron chi connectivity index (χ1n) is 7.48. The van der Waals surface area contributed by atoms with Crippen LogP contribution in [0, 0.1) is 6.92 Å². The lowest BCUT2D eigenvalue weighted by Gasteiger charge is -2.27. The fourth-order valence-corrected chi connectivity index (χ4v) is 2.80. The highest BCUT2D eigenvalue weighted by molar-refractivity contribution is 5.90. The van der Waals surface area contributed by atoms with Gasteiger partial charge in [0, 0.05) is 20.1 Å². The molecule has 5 heteroatoms. The lowest BCUT2D eigenvalue weighted by molar-refractivity contribution is 0.743. The van der Waals surface area contributed by atoms with Gasteiger partial charge in [-0.05, 0) is 31.4 Å². The molecule has 1 aromatic carbocycles. The van der Waals surface area contributed by atoms with Crippen molar-refractivity contribution in [2.24, 2.45) is 7.05 Å². The van der Waals surface area contributed by atoms with Crippen LogP contribution < -0.4 is 16.0 Å². The number of fused-ring (bicyclic) bond motifs is 1. The van der Waals surface area contributed by atoms with Gasteiger partial charge in [-0.15, -0.1) is 0 Å². The molecule has 5 nitrogen and oxygen atoms in total. The van der Waals surface area contributed by atoms with Crippen molar-refractivity contribution < 1.29 is 0 Å². The molecule has 0 saturated heterocycles. The Balaban J connectivity index is 2.80. The number of aryl methyl sites for hydroxylation is 2. The third-order valence-electron chi connectivity index (χ3n) is 3.76. The molecule has 2 aromatic rings. The number of hydrogen-bond donors (Lipinski definition) is 1. The first-order valence-corrected chi connectivity index (χ1v) is 7.48. The summed E-state index contributed by atoms with van der Waals surface area (Å²) in [5.41, 5.74) is 2.57. The Morgan fingerprint density at radius 2 is 1.76 bits per heavy atom. The highest BCUT2D eigenvalue weighted by Gasteiger charge is 2.15. The zero-order chi connectivity index (χ0) is 15.6. The topological polar surface area (TPSA) is 58.1 Å². The number of H-pyrrole nitrogens is 1. The predicted molar refractivity (Wildman–Crippen MR) is 87.3 cm³/mol. The van der Waals surface area contributed by atoms with Gasteiger partial charge in [-0.2, -0.15) is 0 Å². The van der Waals surface area contributed by atoms with E-state index < -0.39 is 11.1 Å². The minimum atomic E-state index is -0.565. The molecule has 0 amide bonds. The van der Waals surface area contributed by atoms with Gasteiger partial charge >= 0.3 is 11.1 Å². The number of nitrogens with one attached hydrogen (secondary N) is 1. The molecule has 21 heavy (non-hydrogen) atoms. The van der Waals surface area contributed by atoms with E-state index in [0.717, 1.165) is 48.2 Å². The van der Waals surface area contributed by atoms with Crippen molar-refractivity contribution in [3.05, 3.63) is 38.4 Å². The Bertz CT molecular complexity index is 752. The van der Waals surface area contributed by atoms with E-state index in [1.807, 2.05) is 19.1 Å². The molecule has 0 aliphatic carbocycles. The highest BCUT2D eigenvalue weighted by atomic mass is 16.2. The van der Waals surface area contributed by atoms with Gasteiger partial charge in [0.2, 0.25) is 0 Å². The first kappa shape index (κ1) is 15.4. The van der Waals surface area contributed by atoms with Gasteiger partial charge in [-0.3, -0.25) is 9.59 Å². The van der Waals surface area contributed by atoms with E-state index in [1.165, 1.54) is 4.57 Å². The van der Waals surface area contributed by atoms with Crippen LogP contribution in [0.2, 0.25) is 0 Å². The van der Waals surface area contributed by atoms with Gasteiger partial charge in [0.25, 0.3) is 0 Å². The second-order valence-electron chi connectivity index (χ2n) is 5.43. The molecule has 0 unspecified atom stereocenters. The summed E-state index contributed by atoms with van der Waals surface area (Å²) in [5.74, 6) is 0. The van der Waals surface area contributed by atoms with Crippen LogP contribution in [-0.2, 0) is 7.05 Å². The number of hydrogen-bond acceptors (Lipinski definition) is 3. The standard InChI is InChI=1S/C16H23N3O2/c1-5-9-19(10-6-2)14-11(3)7-8-12-13(14)17-15(20)16(21)18(12)4/h7-8H,5-6,9-10H2,1-4H3,(H,17,20). The number of nitrogens with zero attached hydrogens (tertiary/aromatic N) is 2. The van der Waals surface area contributed by atoms with E-state index in [4.69, 9.17) is 0 Å². The second-order valence-corrected chi connectivity index (χ2v) is 5.43. The molecule has 0 aliphatic rings. The minimum absolute atomic E-state index is 0.519. The summed E-state index contributed by atoms with van der Waals surface area (Å²) in [6, 6.07) is 3.90. The molecule has 114 valence electrons. The molecular formula is C16H23N3O2. The van der Waals surface area contributed by atoms with Gasteiger partial charge < -0.3 is 14.5 Å². The van der Waals surface area contributed by atoms with Crippen LogP contribution in [0.5, 0.6) is 0 Å². The van der Waals surface area contributed by atoms with Crippen LogP contribution in [0.4, 0.5) is 5.69 Å². The van der Waals surface area contributed by atoms with E-state index in [9.17, 15) is 9.59 Å². The Hall–Kier alpha value is -2.04. The van der Waals surface area contributed by atoms with E-state index in [1.54, 1.807) is 7.05 Å². The van der Waals surface area contributed by atoms with Crippen LogP contribution in [0.15, 0.2) is 21.7 Å². The minimum Gasteiger partial charge on any atom is -0.370 e.